The van der Waals surface area contributed by atoms with Crippen molar-refractivity contribution in [1.29, 1.82) is 0 Å². The molecule has 3 heteroatoms. The summed E-state index contributed by atoms with van der Waals surface area (Å²) in [7, 11) is 0. The van der Waals surface area contributed by atoms with Crippen molar-refractivity contribution in [1.82, 2.24) is 0 Å². The molecule has 5 rings (SSSR count). The van der Waals surface area contributed by atoms with Crippen molar-refractivity contribution in [3.8, 4) is 0 Å². The normalized spacial score (nSPS) is 42.3. The highest BCUT2D eigenvalue weighted by molar-refractivity contribution is 9.09. The molecule has 0 saturated heterocycles. The number of halogens is 3. The minimum Gasteiger partial charge on any atom is -0.204 e. The first-order valence-electron chi connectivity index (χ1n) is 7.98. The maximum absolute atomic E-state index is 13.6. The van der Waals surface area contributed by atoms with Crippen LogP contribution in [-0.4, -0.2) is 0 Å². The van der Waals surface area contributed by atoms with E-state index in [1.807, 2.05) is 0 Å². The molecular formula is C18H21BrF2. The molecule has 0 N–H and O–H groups in total. The molecule has 1 aromatic carbocycles. The molecule has 4 saturated carbocycles. The zero-order valence-corrected chi connectivity index (χ0v) is 13.9. The van der Waals surface area contributed by atoms with E-state index in [9.17, 15) is 8.78 Å². The second-order valence-electron chi connectivity index (χ2n) is 8.17. The van der Waals surface area contributed by atoms with Gasteiger partial charge >= 0.3 is 0 Å². The van der Waals surface area contributed by atoms with Crippen molar-refractivity contribution < 1.29 is 8.78 Å². The van der Waals surface area contributed by atoms with Gasteiger partial charge in [-0.15, -0.1) is 0 Å². The molecule has 0 heterocycles. The summed E-state index contributed by atoms with van der Waals surface area (Å²) in [6, 6.07) is 4.40. The summed E-state index contributed by atoms with van der Waals surface area (Å²) in [5.74, 6) is 0.187. The quantitative estimate of drug-likeness (QED) is 0.570. The fourth-order valence-electron chi connectivity index (χ4n) is 6.12. The van der Waals surface area contributed by atoms with Gasteiger partial charge in [-0.2, -0.15) is 0 Å². The molecule has 4 aliphatic carbocycles. The molecule has 0 aliphatic heterocycles. The van der Waals surface area contributed by atoms with Gasteiger partial charge in [0.25, 0.3) is 0 Å². The first-order chi connectivity index (χ1) is 9.89. The average molecular weight is 355 g/mol. The lowest BCUT2D eigenvalue weighted by atomic mass is 9.44. The van der Waals surface area contributed by atoms with E-state index in [1.165, 1.54) is 50.7 Å². The van der Waals surface area contributed by atoms with Gasteiger partial charge in [-0.1, -0.05) is 28.9 Å². The van der Waals surface area contributed by atoms with Crippen LogP contribution >= 0.6 is 15.9 Å². The molecule has 0 radical (unpaired) electrons. The van der Waals surface area contributed by atoms with Crippen LogP contribution in [0.4, 0.5) is 8.78 Å². The second kappa shape index (κ2) is 4.53. The van der Waals surface area contributed by atoms with Crippen molar-refractivity contribution >= 4 is 15.9 Å². The lowest BCUT2D eigenvalue weighted by Gasteiger charge is -2.63. The molecule has 3 unspecified atom stereocenters. The molecule has 0 spiro atoms. The number of benzene rings is 1. The minimum absolute atomic E-state index is 0.144. The molecular weight excluding hydrogens is 334 g/mol. The maximum Gasteiger partial charge on any atom is 0.159 e. The summed E-state index contributed by atoms with van der Waals surface area (Å²) in [6.07, 6.45) is 7.82. The summed E-state index contributed by atoms with van der Waals surface area (Å²) >= 11 is 3.87. The monoisotopic (exact) mass is 354 g/mol. The van der Waals surface area contributed by atoms with E-state index in [4.69, 9.17) is 0 Å². The van der Waals surface area contributed by atoms with Crippen molar-refractivity contribution in [2.45, 2.75) is 50.3 Å². The molecule has 4 fully saturated rings. The second-order valence-corrected chi connectivity index (χ2v) is 9.09. The lowest BCUT2D eigenvalue weighted by Crippen LogP contribution is -2.52. The molecule has 4 bridgehead atoms. The third-order valence-corrected chi connectivity index (χ3v) is 7.67. The number of alkyl halides is 1. The van der Waals surface area contributed by atoms with Gasteiger partial charge in [0.2, 0.25) is 0 Å². The van der Waals surface area contributed by atoms with Gasteiger partial charge in [-0.25, -0.2) is 8.78 Å². The third-order valence-electron chi connectivity index (χ3n) is 6.17. The van der Waals surface area contributed by atoms with Crippen LogP contribution in [0.2, 0.25) is 0 Å². The predicted octanol–water partition coefficient (Wildman–Crippen LogP) is 6.01. The standard InChI is InChI=1S/C18H21BrF2/c1-17-6-11-4-12(7-17)9-18(8-11,10-17)16(19)13-2-3-14(20)15(21)5-13/h2-3,5,11-12,16H,4,6-10H2,1H3. The van der Waals surface area contributed by atoms with E-state index >= 15 is 0 Å². The Balaban J connectivity index is 1.70. The molecule has 1 aromatic rings. The number of hydrogen-bond acceptors (Lipinski definition) is 0. The van der Waals surface area contributed by atoms with Gasteiger partial charge in [0.15, 0.2) is 11.6 Å². The fourth-order valence-corrected chi connectivity index (χ4v) is 6.94. The van der Waals surface area contributed by atoms with Crippen LogP contribution in [0.25, 0.3) is 0 Å². The average Bonchev–Trinajstić information content (AvgIpc) is 2.38. The van der Waals surface area contributed by atoms with Crippen molar-refractivity contribution in [2.24, 2.45) is 22.7 Å². The Kier molecular flexibility index (Phi) is 3.06. The van der Waals surface area contributed by atoms with Crippen LogP contribution < -0.4 is 0 Å². The van der Waals surface area contributed by atoms with Crippen molar-refractivity contribution in [3.63, 3.8) is 0 Å². The largest absolute Gasteiger partial charge is 0.204 e. The van der Waals surface area contributed by atoms with Crippen LogP contribution in [0.5, 0.6) is 0 Å². The minimum atomic E-state index is -0.754. The maximum atomic E-state index is 13.6. The SMILES string of the molecule is CC12CC3CC(C1)CC(C(Br)c1ccc(F)c(F)c1)(C3)C2. The third kappa shape index (κ3) is 2.18. The molecule has 21 heavy (non-hydrogen) atoms. The first kappa shape index (κ1) is 14.2. The smallest absolute Gasteiger partial charge is 0.159 e. The van der Waals surface area contributed by atoms with Crippen LogP contribution in [0, 0.1) is 34.3 Å². The zero-order valence-electron chi connectivity index (χ0n) is 12.3. The Hall–Kier alpha value is -0.440. The summed E-state index contributed by atoms with van der Waals surface area (Å²) < 4.78 is 26.8. The molecule has 0 amide bonds. The molecule has 3 atom stereocenters. The molecule has 4 aliphatic rings. The zero-order chi connectivity index (χ0) is 14.8. The van der Waals surface area contributed by atoms with Gasteiger partial charge in [-0.3, -0.25) is 0 Å². The molecule has 114 valence electrons. The Labute approximate surface area is 133 Å². The molecule has 0 aromatic heterocycles. The first-order valence-corrected chi connectivity index (χ1v) is 8.90. The predicted molar refractivity (Wildman–Crippen MR) is 83.2 cm³/mol. The summed E-state index contributed by atoms with van der Waals surface area (Å²) in [5, 5.41) is 0. The Morgan fingerprint density at radius 2 is 1.76 bits per heavy atom. The van der Waals surface area contributed by atoms with E-state index in [0.29, 0.717) is 5.41 Å². The van der Waals surface area contributed by atoms with Crippen LogP contribution in [0.3, 0.4) is 0 Å². The van der Waals surface area contributed by atoms with Crippen molar-refractivity contribution in [2.75, 3.05) is 0 Å². The topological polar surface area (TPSA) is 0 Å². The van der Waals surface area contributed by atoms with Gasteiger partial charge in [0, 0.05) is 4.83 Å². The highest BCUT2D eigenvalue weighted by Gasteiger charge is 2.58. The number of hydrogen-bond donors (Lipinski definition) is 0. The molecule has 0 nitrogen and oxygen atoms in total. The van der Waals surface area contributed by atoms with Crippen LogP contribution in [-0.2, 0) is 0 Å². The van der Waals surface area contributed by atoms with Crippen LogP contribution in [0.1, 0.15) is 55.8 Å². The van der Waals surface area contributed by atoms with Crippen molar-refractivity contribution in [3.05, 3.63) is 35.4 Å². The number of rotatable bonds is 2. The summed E-state index contributed by atoms with van der Waals surface area (Å²) in [4.78, 5) is 0.144. The van der Waals surface area contributed by atoms with Gasteiger partial charge in [-0.05, 0) is 78.9 Å². The Bertz CT molecular complexity index is 569. The van der Waals surface area contributed by atoms with E-state index in [1.54, 1.807) is 6.07 Å². The Morgan fingerprint density at radius 3 is 2.33 bits per heavy atom. The van der Waals surface area contributed by atoms with E-state index in [0.717, 1.165) is 17.4 Å². The van der Waals surface area contributed by atoms with Gasteiger partial charge in [0.1, 0.15) is 0 Å². The van der Waals surface area contributed by atoms with Gasteiger partial charge in [0.05, 0.1) is 0 Å². The fraction of sp³-hybridized carbons (Fsp3) is 0.667. The van der Waals surface area contributed by atoms with Gasteiger partial charge < -0.3 is 0 Å². The van der Waals surface area contributed by atoms with E-state index in [-0.39, 0.29) is 10.2 Å². The Morgan fingerprint density at radius 1 is 1.10 bits per heavy atom. The highest BCUT2D eigenvalue weighted by atomic mass is 79.9. The van der Waals surface area contributed by atoms with E-state index < -0.39 is 11.6 Å². The highest BCUT2D eigenvalue weighted by Crippen LogP contribution is 2.69. The summed E-state index contributed by atoms with van der Waals surface area (Å²) in [5.41, 5.74) is 1.61. The lowest BCUT2D eigenvalue weighted by molar-refractivity contribution is -0.101. The summed E-state index contributed by atoms with van der Waals surface area (Å²) in [6.45, 7) is 2.43. The van der Waals surface area contributed by atoms with E-state index in [2.05, 4.69) is 22.9 Å². The van der Waals surface area contributed by atoms with Crippen LogP contribution in [0.15, 0.2) is 18.2 Å².